The number of aromatic nitrogens is 3. The average Bonchev–Trinajstić information content (AvgIpc) is 3.00. The summed E-state index contributed by atoms with van der Waals surface area (Å²) in [4.78, 5) is 22.4. The number of amides is 1. The Morgan fingerprint density at radius 3 is 2.68 bits per heavy atom. The minimum absolute atomic E-state index is 0.640. The molecule has 0 bridgehead atoms. The van der Waals surface area contributed by atoms with E-state index in [1.165, 1.54) is 6.33 Å². The zero-order valence-electron chi connectivity index (χ0n) is 12.0. The maximum Gasteiger partial charge on any atom is 0.212 e. The highest BCUT2D eigenvalue weighted by molar-refractivity contribution is 5.86. The predicted molar refractivity (Wildman–Crippen MR) is 86.5 cm³/mol. The van der Waals surface area contributed by atoms with Crippen LogP contribution in [0.25, 0.3) is 22.5 Å². The van der Waals surface area contributed by atoms with Crippen LogP contribution in [0.1, 0.15) is 0 Å². The van der Waals surface area contributed by atoms with Gasteiger partial charge in [-0.2, -0.15) is 0 Å². The number of carbonyl (C=O) groups is 1. The van der Waals surface area contributed by atoms with Crippen LogP contribution >= 0.6 is 0 Å². The van der Waals surface area contributed by atoms with E-state index in [9.17, 15) is 4.79 Å². The molecule has 1 aromatic carbocycles. The second-order valence-corrected chi connectivity index (χ2v) is 4.64. The Bertz CT molecular complexity index is 782. The SMILES string of the molecule is CNc1cc(-c2cc(-c3ccccc3)c(NC=O)[nH]2)ncn1. The number of hydrogen-bond acceptors (Lipinski definition) is 4. The summed E-state index contributed by atoms with van der Waals surface area (Å²) in [7, 11) is 1.80. The minimum Gasteiger partial charge on any atom is -0.373 e. The Morgan fingerprint density at radius 1 is 1.14 bits per heavy atom. The molecule has 0 saturated heterocycles. The first kappa shape index (κ1) is 13.8. The van der Waals surface area contributed by atoms with Crippen molar-refractivity contribution in [2.24, 2.45) is 0 Å². The third-order valence-electron chi connectivity index (χ3n) is 3.30. The minimum atomic E-state index is 0.640. The fourth-order valence-electron chi connectivity index (χ4n) is 2.25. The molecule has 0 unspecified atom stereocenters. The highest BCUT2D eigenvalue weighted by Crippen LogP contribution is 2.32. The summed E-state index contributed by atoms with van der Waals surface area (Å²) in [6.07, 6.45) is 2.15. The van der Waals surface area contributed by atoms with Gasteiger partial charge in [-0.15, -0.1) is 0 Å². The molecule has 110 valence electrons. The summed E-state index contributed by atoms with van der Waals surface area (Å²) >= 11 is 0. The van der Waals surface area contributed by atoms with Crippen LogP contribution in [-0.2, 0) is 4.79 Å². The number of benzene rings is 1. The van der Waals surface area contributed by atoms with E-state index in [0.717, 1.165) is 28.3 Å². The zero-order chi connectivity index (χ0) is 15.4. The van der Waals surface area contributed by atoms with Gasteiger partial charge in [-0.3, -0.25) is 4.79 Å². The summed E-state index contributed by atoms with van der Waals surface area (Å²) < 4.78 is 0. The van der Waals surface area contributed by atoms with Gasteiger partial charge in [0.1, 0.15) is 18.0 Å². The van der Waals surface area contributed by atoms with Gasteiger partial charge < -0.3 is 15.6 Å². The number of nitrogens with one attached hydrogen (secondary N) is 3. The Balaban J connectivity index is 2.08. The van der Waals surface area contributed by atoms with Crippen molar-refractivity contribution >= 4 is 18.0 Å². The third-order valence-corrected chi connectivity index (χ3v) is 3.30. The van der Waals surface area contributed by atoms with Gasteiger partial charge in [0.15, 0.2) is 0 Å². The number of carbonyl (C=O) groups excluding carboxylic acids is 1. The molecule has 22 heavy (non-hydrogen) atoms. The molecule has 0 aliphatic heterocycles. The van der Waals surface area contributed by atoms with E-state index in [2.05, 4.69) is 25.6 Å². The van der Waals surface area contributed by atoms with Crippen LogP contribution in [-0.4, -0.2) is 28.4 Å². The topological polar surface area (TPSA) is 82.7 Å². The fourth-order valence-corrected chi connectivity index (χ4v) is 2.25. The summed E-state index contributed by atoms with van der Waals surface area (Å²) in [6, 6.07) is 13.6. The van der Waals surface area contributed by atoms with Gasteiger partial charge in [-0.1, -0.05) is 30.3 Å². The molecule has 6 heteroatoms. The molecular weight excluding hydrogens is 278 g/mol. The molecule has 3 aromatic rings. The Hall–Kier alpha value is -3.15. The largest absolute Gasteiger partial charge is 0.373 e. The van der Waals surface area contributed by atoms with E-state index >= 15 is 0 Å². The summed E-state index contributed by atoms with van der Waals surface area (Å²) in [6.45, 7) is 0. The van der Waals surface area contributed by atoms with Crippen molar-refractivity contribution in [1.29, 1.82) is 0 Å². The van der Waals surface area contributed by atoms with Gasteiger partial charge in [0.2, 0.25) is 6.41 Å². The average molecular weight is 293 g/mol. The third kappa shape index (κ3) is 2.67. The molecule has 2 heterocycles. The molecular formula is C16H15N5O. The van der Waals surface area contributed by atoms with Crippen molar-refractivity contribution in [3.63, 3.8) is 0 Å². The molecule has 6 nitrogen and oxygen atoms in total. The summed E-state index contributed by atoms with van der Waals surface area (Å²) in [5.74, 6) is 1.37. The molecule has 0 spiro atoms. The molecule has 0 fully saturated rings. The van der Waals surface area contributed by atoms with Crippen molar-refractivity contribution in [1.82, 2.24) is 15.0 Å². The highest BCUT2D eigenvalue weighted by atomic mass is 16.1. The number of nitrogens with zero attached hydrogens (tertiary/aromatic N) is 2. The van der Waals surface area contributed by atoms with Gasteiger partial charge in [-0.25, -0.2) is 9.97 Å². The van der Waals surface area contributed by atoms with E-state index in [1.54, 1.807) is 7.05 Å². The second kappa shape index (κ2) is 6.09. The van der Waals surface area contributed by atoms with Gasteiger partial charge in [0.25, 0.3) is 0 Å². The lowest BCUT2D eigenvalue weighted by molar-refractivity contribution is -0.105. The van der Waals surface area contributed by atoms with Crippen molar-refractivity contribution in [2.45, 2.75) is 0 Å². The van der Waals surface area contributed by atoms with Crippen molar-refractivity contribution in [2.75, 3.05) is 17.7 Å². The smallest absolute Gasteiger partial charge is 0.212 e. The van der Waals surface area contributed by atoms with Gasteiger partial charge >= 0.3 is 0 Å². The first-order valence-corrected chi connectivity index (χ1v) is 6.80. The van der Waals surface area contributed by atoms with Gasteiger partial charge in [-0.05, 0) is 11.6 Å². The first-order valence-electron chi connectivity index (χ1n) is 6.80. The molecule has 2 aromatic heterocycles. The Labute approximate surface area is 127 Å². The van der Waals surface area contributed by atoms with Crippen LogP contribution in [0.4, 0.5) is 11.6 Å². The normalized spacial score (nSPS) is 10.2. The van der Waals surface area contributed by atoms with E-state index in [1.807, 2.05) is 42.5 Å². The van der Waals surface area contributed by atoms with Crippen LogP contribution < -0.4 is 10.6 Å². The molecule has 0 atom stereocenters. The van der Waals surface area contributed by atoms with Crippen LogP contribution in [0.5, 0.6) is 0 Å². The summed E-state index contributed by atoms with van der Waals surface area (Å²) in [5.41, 5.74) is 3.47. The van der Waals surface area contributed by atoms with Gasteiger partial charge in [0.05, 0.1) is 11.4 Å². The monoisotopic (exact) mass is 293 g/mol. The lowest BCUT2D eigenvalue weighted by Crippen LogP contribution is -1.96. The highest BCUT2D eigenvalue weighted by Gasteiger charge is 2.12. The molecule has 0 saturated carbocycles. The fraction of sp³-hybridized carbons (Fsp3) is 0.0625. The van der Waals surface area contributed by atoms with E-state index in [0.29, 0.717) is 12.2 Å². The number of anilines is 2. The predicted octanol–water partition coefficient (Wildman–Crippen LogP) is 2.75. The maximum atomic E-state index is 10.8. The van der Waals surface area contributed by atoms with Crippen molar-refractivity contribution < 1.29 is 4.79 Å². The molecule has 0 radical (unpaired) electrons. The van der Waals surface area contributed by atoms with Crippen molar-refractivity contribution in [3.8, 4) is 22.5 Å². The maximum absolute atomic E-state index is 10.8. The zero-order valence-corrected chi connectivity index (χ0v) is 12.0. The molecule has 3 N–H and O–H groups in total. The quantitative estimate of drug-likeness (QED) is 0.632. The number of hydrogen-bond donors (Lipinski definition) is 3. The van der Waals surface area contributed by atoms with Crippen LogP contribution in [0, 0.1) is 0 Å². The lowest BCUT2D eigenvalue weighted by Gasteiger charge is -2.01. The van der Waals surface area contributed by atoms with Crippen molar-refractivity contribution in [3.05, 3.63) is 48.8 Å². The van der Waals surface area contributed by atoms with E-state index in [-0.39, 0.29) is 0 Å². The number of rotatable bonds is 5. The van der Waals surface area contributed by atoms with Gasteiger partial charge in [0, 0.05) is 18.7 Å². The second-order valence-electron chi connectivity index (χ2n) is 4.64. The summed E-state index contributed by atoms with van der Waals surface area (Å²) in [5, 5.41) is 5.68. The van der Waals surface area contributed by atoms with E-state index < -0.39 is 0 Å². The van der Waals surface area contributed by atoms with Crippen LogP contribution in [0.15, 0.2) is 48.8 Å². The van der Waals surface area contributed by atoms with Crippen LogP contribution in [0.2, 0.25) is 0 Å². The molecule has 0 aliphatic carbocycles. The Morgan fingerprint density at radius 2 is 1.95 bits per heavy atom. The first-order chi connectivity index (χ1) is 10.8. The molecule has 0 aliphatic rings. The number of H-pyrrole nitrogens is 1. The Kier molecular flexibility index (Phi) is 3.82. The molecule has 3 rings (SSSR count). The number of aromatic amines is 1. The lowest BCUT2D eigenvalue weighted by atomic mass is 10.1. The standard InChI is InChI=1S/C16H15N5O/c1-17-15-8-13(18-9-19-15)14-7-12(16(21-14)20-10-22)11-5-3-2-4-6-11/h2-10,21H,1H3,(H,20,22)(H,17,18,19). The molecule has 1 amide bonds. The van der Waals surface area contributed by atoms with E-state index in [4.69, 9.17) is 0 Å². The van der Waals surface area contributed by atoms with Crippen LogP contribution in [0.3, 0.4) is 0 Å².